The van der Waals surface area contributed by atoms with Crippen LogP contribution in [0.5, 0.6) is 0 Å². The summed E-state index contributed by atoms with van der Waals surface area (Å²) in [6, 6.07) is 5.58. The predicted octanol–water partition coefficient (Wildman–Crippen LogP) is 4.69. The highest BCUT2D eigenvalue weighted by atomic mass is 35.5. The van der Waals surface area contributed by atoms with Gasteiger partial charge in [-0.15, -0.1) is 0 Å². The first-order chi connectivity index (χ1) is 8.16. The van der Waals surface area contributed by atoms with Crippen molar-refractivity contribution in [1.29, 1.82) is 0 Å². The molecule has 1 atom stereocenters. The van der Waals surface area contributed by atoms with Crippen molar-refractivity contribution in [2.24, 2.45) is 5.92 Å². The Morgan fingerprint density at radius 1 is 1.18 bits per heavy atom. The van der Waals surface area contributed by atoms with Gasteiger partial charge < -0.3 is 0 Å². The molecule has 1 unspecified atom stereocenters. The molecule has 0 aromatic heterocycles. The Kier molecular flexibility index (Phi) is 4.47. The maximum Gasteiger partial charge on any atom is 0.133 e. The summed E-state index contributed by atoms with van der Waals surface area (Å²) >= 11 is 12.3. The van der Waals surface area contributed by atoms with E-state index >= 15 is 0 Å². The van der Waals surface area contributed by atoms with Crippen LogP contribution < -0.4 is 0 Å². The summed E-state index contributed by atoms with van der Waals surface area (Å²) in [4.78, 5) is 11.6. The quantitative estimate of drug-likeness (QED) is 0.713. The molecule has 3 heteroatoms. The summed E-state index contributed by atoms with van der Waals surface area (Å²) in [6.45, 7) is 0. The van der Waals surface area contributed by atoms with Gasteiger partial charge in [0.15, 0.2) is 0 Å². The molecule has 1 nitrogen and oxygen atoms in total. The molecule has 92 valence electrons. The Morgan fingerprint density at radius 2 is 1.88 bits per heavy atom. The molecule has 1 aliphatic carbocycles. The smallest absolute Gasteiger partial charge is 0.133 e. The summed E-state index contributed by atoms with van der Waals surface area (Å²) in [5.41, 5.74) is 0.996. The average molecular weight is 271 g/mol. The number of rotatable bonds is 2. The first-order valence-electron chi connectivity index (χ1n) is 6.11. The highest BCUT2D eigenvalue weighted by Gasteiger charge is 2.20. The lowest BCUT2D eigenvalue weighted by Crippen LogP contribution is -2.09. The second-order valence-electron chi connectivity index (χ2n) is 4.76. The SMILES string of the molecule is O=C1CCCCC(Cc2c(Cl)cccc2Cl)C1. The van der Waals surface area contributed by atoms with Crippen LogP contribution in [0.2, 0.25) is 10.0 Å². The minimum absolute atomic E-state index is 0.385. The number of hydrogen-bond acceptors (Lipinski definition) is 1. The van der Waals surface area contributed by atoms with Gasteiger partial charge in [-0.2, -0.15) is 0 Å². The molecule has 0 spiro atoms. The third kappa shape index (κ3) is 3.46. The fraction of sp³-hybridized carbons (Fsp3) is 0.500. The molecule has 17 heavy (non-hydrogen) atoms. The Labute approximate surface area is 112 Å². The van der Waals surface area contributed by atoms with Gasteiger partial charge in [0, 0.05) is 22.9 Å². The molecule has 0 bridgehead atoms. The van der Waals surface area contributed by atoms with Gasteiger partial charge >= 0.3 is 0 Å². The zero-order valence-corrected chi connectivity index (χ0v) is 11.2. The molecular formula is C14H16Cl2O. The number of carbonyl (C=O) groups excluding carboxylic acids is 1. The van der Waals surface area contributed by atoms with Crippen molar-refractivity contribution in [2.45, 2.75) is 38.5 Å². The Bertz CT molecular complexity index is 394. The van der Waals surface area contributed by atoms with Gasteiger partial charge in [0.05, 0.1) is 0 Å². The number of benzene rings is 1. The summed E-state index contributed by atoms with van der Waals surface area (Å²) in [5.74, 6) is 0.790. The zero-order chi connectivity index (χ0) is 12.3. The van der Waals surface area contributed by atoms with Crippen molar-refractivity contribution in [3.63, 3.8) is 0 Å². The highest BCUT2D eigenvalue weighted by molar-refractivity contribution is 6.35. The fourth-order valence-electron chi connectivity index (χ4n) is 2.47. The molecule has 1 aliphatic rings. The largest absolute Gasteiger partial charge is 0.300 e. The van der Waals surface area contributed by atoms with Crippen LogP contribution in [-0.2, 0) is 11.2 Å². The van der Waals surface area contributed by atoms with Crippen LogP contribution in [0.4, 0.5) is 0 Å². The molecule has 0 aliphatic heterocycles. The number of carbonyl (C=O) groups is 1. The molecule has 1 aromatic carbocycles. The van der Waals surface area contributed by atoms with E-state index in [1.54, 1.807) is 0 Å². The zero-order valence-electron chi connectivity index (χ0n) is 9.72. The van der Waals surface area contributed by atoms with Crippen molar-refractivity contribution in [2.75, 3.05) is 0 Å². The normalized spacial score (nSPS) is 21.3. The third-order valence-electron chi connectivity index (χ3n) is 3.39. The van der Waals surface area contributed by atoms with E-state index in [1.165, 1.54) is 0 Å². The highest BCUT2D eigenvalue weighted by Crippen LogP contribution is 2.31. The molecule has 0 saturated heterocycles. The van der Waals surface area contributed by atoms with E-state index in [2.05, 4.69) is 0 Å². The van der Waals surface area contributed by atoms with Crippen LogP contribution in [0.3, 0.4) is 0 Å². The van der Waals surface area contributed by atoms with Crippen LogP contribution in [0.15, 0.2) is 18.2 Å². The molecule has 1 saturated carbocycles. The molecule has 1 aromatic rings. The second kappa shape index (κ2) is 5.88. The maximum absolute atomic E-state index is 11.6. The summed E-state index contributed by atoms with van der Waals surface area (Å²) in [7, 11) is 0. The van der Waals surface area contributed by atoms with Gasteiger partial charge in [0.1, 0.15) is 5.78 Å². The predicted molar refractivity (Wildman–Crippen MR) is 71.7 cm³/mol. The van der Waals surface area contributed by atoms with Crippen molar-refractivity contribution >= 4 is 29.0 Å². The van der Waals surface area contributed by atoms with Crippen LogP contribution >= 0.6 is 23.2 Å². The van der Waals surface area contributed by atoms with E-state index in [-0.39, 0.29) is 0 Å². The van der Waals surface area contributed by atoms with E-state index in [9.17, 15) is 4.79 Å². The molecule has 0 amide bonds. The topological polar surface area (TPSA) is 17.1 Å². The monoisotopic (exact) mass is 270 g/mol. The van der Waals surface area contributed by atoms with Crippen LogP contribution in [0.1, 0.15) is 37.7 Å². The van der Waals surface area contributed by atoms with Crippen LogP contribution in [0, 0.1) is 5.92 Å². The van der Waals surface area contributed by atoms with Gasteiger partial charge in [-0.3, -0.25) is 4.79 Å². The minimum Gasteiger partial charge on any atom is -0.300 e. The molecule has 2 rings (SSSR count). The lowest BCUT2D eigenvalue weighted by atomic mass is 9.92. The van der Waals surface area contributed by atoms with Gasteiger partial charge in [0.25, 0.3) is 0 Å². The van der Waals surface area contributed by atoms with Crippen molar-refractivity contribution < 1.29 is 4.79 Å². The van der Waals surface area contributed by atoms with Crippen molar-refractivity contribution in [3.8, 4) is 0 Å². The standard InChI is InChI=1S/C14H16Cl2O/c15-13-6-3-7-14(16)12(13)9-10-4-1-2-5-11(17)8-10/h3,6-7,10H,1-2,4-5,8-9H2. The van der Waals surface area contributed by atoms with Gasteiger partial charge in [-0.05, 0) is 42.9 Å². The molecule has 1 fully saturated rings. The average Bonchev–Trinajstić information content (AvgIpc) is 2.48. The second-order valence-corrected chi connectivity index (χ2v) is 5.57. The van der Waals surface area contributed by atoms with Gasteiger partial charge in [-0.1, -0.05) is 35.7 Å². The van der Waals surface area contributed by atoms with E-state index in [0.29, 0.717) is 28.2 Å². The maximum atomic E-state index is 11.6. The lowest BCUT2D eigenvalue weighted by molar-refractivity contribution is -0.119. The van der Waals surface area contributed by atoms with E-state index < -0.39 is 0 Å². The van der Waals surface area contributed by atoms with Gasteiger partial charge in [0.2, 0.25) is 0 Å². The molecule has 0 heterocycles. The third-order valence-corrected chi connectivity index (χ3v) is 4.10. The van der Waals surface area contributed by atoms with Crippen LogP contribution in [0.25, 0.3) is 0 Å². The fourth-order valence-corrected chi connectivity index (χ4v) is 3.02. The van der Waals surface area contributed by atoms with Crippen LogP contribution in [-0.4, -0.2) is 5.78 Å². The van der Waals surface area contributed by atoms with E-state index in [1.807, 2.05) is 18.2 Å². The lowest BCUT2D eigenvalue weighted by Gasteiger charge is -2.15. The Morgan fingerprint density at radius 3 is 2.59 bits per heavy atom. The summed E-state index contributed by atoms with van der Waals surface area (Å²) in [5, 5.41) is 1.43. The first-order valence-corrected chi connectivity index (χ1v) is 6.87. The van der Waals surface area contributed by atoms with Crippen molar-refractivity contribution in [3.05, 3.63) is 33.8 Å². The first kappa shape index (κ1) is 12.9. The van der Waals surface area contributed by atoms with E-state index in [0.717, 1.165) is 37.7 Å². The van der Waals surface area contributed by atoms with Crippen molar-refractivity contribution in [1.82, 2.24) is 0 Å². The number of ketones is 1. The molecule has 0 N–H and O–H groups in total. The Hall–Kier alpha value is -0.530. The number of halogens is 2. The summed E-state index contributed by atoms with van der Waals surface area (Å²) in [6.07, 6.45) is 5.52. The summed E-state index contributed by atoms with van der Waals surface area (Å²) < 4.78 is 0. The minimum atomic E-state index is 0.385. The van der Waals surface area contributed by atoms with Gasteiger partial charge in [-0.25, -0.2) is 0 Å². The molecular weight excluding hydrogens is 255 g/mol. The van der Waals surface area contributed by atoms with E-state index in [4.69, 9.17) is 23.2 Å². The Balaban J connectivity index is 2.11. The molecule has 0 radical (unpaired) electrons. The number of Topliss-reactive ketones (excluding diaryl/α,β-unsaturated/α-hetero) is 1. The number of hydrogen-bond donors (Lipinski definition) is 0.